The second-order valence-electron chi connectivity index (χ2n) is 4.06. The molecule has 0 saturated carbocycles. The van der Waals surface area contributed by atoms with E-state index in [0.29, 0.717) is 23.6 Å². The molecule has 0 heterocycles. The summed E-state index contributed by atoms with van der Waals surface area (Å²) in [5.41, 5.74) is 0.482. The molecule has 0 N–H and O–H groups in total. The normalized spacial score (nSPS) is 15.1. The molecular weight excluding hydrogens is 301 g/mol. The minimum Gasteiger partial charge on any atom is -0.465 e. The van der Waals surface area contributed by atoms with Gasteiger partial charge < -0.3 is 14.2 Å². The Bertz CT molecular complexity index is 424. The Balaban J connectivity index is 4.99. The zero-order valence-electron chi connectivity index (χ0n) is 12.5. The molecule has 0 fully saturated rings. The monoisotopic (exact) mass is 323 g/mol. The Morgan fingerprint density at radius 2 is 2.05 bits per heavy atom. The first-order chi connectivity index (χ1) is 9.32. The Labute approximate surface area is 124 Å². The number of nitrogens with zero attached hydrogens (tertiary/aromatic N) is 1. The highest BCUT2D eigenvalue weighted by atomic mass is 32.2. The van der Waals surface area contributed by atoms with Gasteiger partial charge >= 0.3 is 5.97 Å². The number of thioether (sulfide) groups is 1. The summed E-state index contributed by atoms with van der Waals surface area (Å²) in [4.78, 5) is 24.4. The van der Waals surface area contributed by atoms with Gasteiger partial charge in [0.05, 0.1) is 13.7 Å². The van der Waals surface area contributed by atoms with Gasteiger partial charge in [0.25, 0.3) is 0 Å². The number of methoxy groups -OCH3 is 1. The predicted molar refractivity (Wildman–Crippen MR) is 81.0 cm³/mol. The van der Waals surface area contributed by atoms with Crippen molar-refractivity contribution in [3.05, 3.63) is 10.6 Å². The third kappa shape index (κ3) is 6.11. The Morgan fingerprint density at radius 1 is 1.45 bits per heavy atom. The van der Waals surface area contributed by atoms with E-state index in [2.05, 4.69) is 4.74 Å². The van der Waals surface area contributed by atoms with Crippen molar-refractivity contribution in [1.82, 2.24) is 4.90 Å². The fourth-order valence-corrected chi connectivity index (χ4v) is 3.45. The van der Waals surface area contributed by atoms with Crippen molar-refractivity contribution in [2.45, 2.75) is 13.8 Å². The summed E-state index contributed by atoms with van der Waals surface area (Å²) < 4.78 is 21.8. The van der Waals surface area contributed by atoms with Crippen molar-refractivity contribution < 1.29 is 23.4 Å². The van der Waals surface area contributed by atoms with E-state index in [1.807, 2.05) is 0 Å². The number of carbonyl (C=O) groups excluding carboxylic acids is 2. The van der Waals surface area contributed by atoms with Crippen molar-refractivity contribution in [2.75, 3.05) is 39.3 Å². The quantitative estimate of drug-likeness (QED) is 0.280. The van der Waals surface area contributed by atoms with Gasteiger partial charge in [0.2, 0.25) is 13.8 Å². The Hall–Kier alpha value is -0.780. The summed E-state index contributed by atoms with van der Waals surface area (Å²) in [5, 5.41) is 0. The van der Waals surface area contributed by atoms with E-state index in [0.717, 1.165) is 0 Å². The zero-order valence-corrected chi connectivity index (χ0v) is 14.3. The molecule has 0 radical (unpaired) electrons. The third-order valence-corrected chi connectivity index (χ3v) is 5.30. The van der Waals surface area contributed by atoms with Crippen molar-refractivity contribution >= 4 is 31.5 Å². The maximum absolute atomic E-state index is 12.0. The van der Waals surface area contributed by atoms with Crippen LogP contribution in [0.15, 0.2) is 10.6 Å². The number of allylic oxidation sites excluding steroid dienone is 1. The van der Waals surface area contributed by atoms with Crippen LogP contribution >= 0.6 is 19.1 Å². The molecule has 0 aromatic carbocycles. The van der Waals surface area contributed by atoms with Crippen molar-refractivity contribution in [3.8, 4) is 0 Å². The van der Waals surface area contributed by atoms with Gasteiger partial charge in [0.1, 0.15) is 4.91 Å². The molecule has 0 aliphatic rings. The van der Waals surface area contributed by atoms with Crippen LogP contribution < -0.4 is 0 Å². The molecule has 8 heteroatoms. The molecule has 0 aliphatic carbocycles. The number of rotatable bonds is 9. The van der Waals surface area contributed by atoms with E-state index in [-0.39, 0.29) is 12.7 Å². The Morgan fingerprint density at radius 3 is 2.45 bits per heavy atom. The molecule has 1 amide bonds. The molecule has 0 aromatic heterocycles. The smallest absolute Gasteiger partial charge is 0.346 e. The SMILES string of the molecule is CCOP(C)(=O)CCN(C=O)/C(C)=C(/SC)C(=O)OC. The van der Waals surface area contributed by atoms with E-state index in [9.17, 15) is 14.2 Å². The highest BCUT2D eigenvalue weighted by Crippen LogP contribution is 2.42. The molecule has 0 saturated heterocycles. The van der Waals surface area contributed by atoms with Gasteiger partial charge in [-0.25, -0.2) is 4.79 Å². The standard InChI is InChI=1S/C12H22NO5PS/c1-6-18-19(4,16)8-7-13(9-14)10(2)11(20-5)12(15)17-3/h9H,6-8H2,1-5H3/b11-10+. The Kier molecular flexibility index (Phi) is 8.85. The van der Waals surface area contributed by atoms with Crippen LogP contribution in [-0.2, 0) is 23.4 Å². The number of hydrogen-bond acceptors (Lipinski definition) is 6. The van der Waals surface area contributed by atoms with Gasteiger partial charge in [0.15, 0.2) is 0 Å². The minimum absolute atomic E-state index is 0.226. The van der Waals surface area contributed by atoms with Crippen LogP contribution in [0.25, 0.3) is 0 Å². The molecule has 0 bridgehead atoms. The summed E-state index contributed by atoms with van der Waals surface area (Å²) in [7, 11) is -1.43. The number of hydrogen-bond donors (Lipinski definition) is 0. The van der Waals surface area contributed by atoms with Crippen molar-refractivity contribution in [3.63, 3.8) is 0 Å². The molecule has 20 heavy (non-hydrogen) atoms. The van der Waals surface area contributed by atoms with Crippen molar-refractivity contribution in [1.29, 1.82) is 0 Å². The van der Waals surface area contributed by atoms with Crippen LogP contribution in [0.5, 0.6) is 0 Å². The molecule has 0 spiro atoms. The fraction of sp³-hybridized carbons (Fsp3) is 0.667. The zero-order chi connectivity index (χ0) is 15.8. The summed E-state index contributed by atoms with van der Waals surface area (Å²) in [6.45, 7) is 5.54. The number of amides is 1. The van der Waals surface area contributed by atoms with Crippen LogP contribution in [0.3, 0.4) is 0 Å². The van der Waals surface area contributed by atoms with E-state index in [4.69, 9.17) is 4.52 Å². The van der Waals surface area contributed by atoms with E-state index < -0.39 is 13.3 Å². The molecule has 0 rings (SSSR count). The van der Waals surface area contributed by atoms with Gasteiger partial charge in [-0.1, -0.05) is 0 Å². The average molecular weight is 323 g/mol. The average Bonchev–Trinajstić information content (AvgIpc) is 2.39. The van der Waals surface area contributed by atoms with Crippen LogP contribution in [0.4, 0.5) is 0 Å². The molecular formula is C12H22NO5PS. The lowest BCUT2D eigenvalue weighted by Gasteiger charge is -2.22. The summed E-state index contributed by atoms with van der Waals surface area (Å²) in [5.74, 6) is -0.494. The van der Waals surface area contributed by atoms with E-state index >= 15 is 0 Å². The van der Waals surface area contributed by atoms with Crippen LogP contribution in [-0.4, -0.2) is 56.6 Å². The maximum atomic E-state index is 12.0. The molecule has 116 valence electrons. The second-order valence-corrected chi connectivity index (χ2v) is 7.61. The first kappa shape index (κ1) is 19.2. The van der Waals surface area contributed by atoms with Gasteiger partial charge in [0, 0.05) is 25.1 Å². The maximum Gasteiger partial charge on any atom is 0.346 e. The molecule has 1 atom stereocenters. The number of ether oxygens (including phenoxy) is 1. The molecule has 6 nitrogen and oxygen atoms in total. The summed E-state index contributed by atoms with van der Waals surface area (Å²) in [6, 6.07) is 0. The van der Waals surface area contributed by atoms with E-state index in [1.54, 1.807) is 20.1 Å². The lowest BCUT2D eigenvalue weighted by Crippen LogP contribution is -2.26. The summed E-state index contributed by atoms with van der Waals surface area (Å²) in [6.07, 6.45) is 2.57. The first-order valence-electron chi connectivity index (χ1n) is 6.09. The predicted octanol–water partition coefficient (Wildman–Crippen LogP) is 2.16. The van der Waals surface area contributed by atoms with Crippen LogP contribution in [0, 0.1) is 0 Å². The highest BCUT2D eigenvalue weighted by molar-refractivity contribution is 8.03. The number of esters is 1. The van der Waals surface area contributed by atoms with Gasteiger partial charge in [-0.15, -0.1) is 11.8 Å². The number of carbonyl (C=O) groups is 2. The lowest BCUT2D eigenvalue weighted by atomic mass is 10.4. The second kappa shape index (κ2) is 9.21. The van der Waals surface area contributed by atoms with E-state index in [1.165, 1.54) is 30.4 Å². The van der Waals surface area contributed by atoms with Gasteiger partial charge in [-0.3, -0.25) is 9.36 Å². The lowest BCUT2D eigenvalue weighted by molar-refractivity contribution is -0.135. The minimum atomic E-state index is -2.71. The van der Waals surface area contributed by atoms with Crippen LogP contribution in [0.1, 0.15) is 13.8 Å². The fourth-order valence-electron chi connectivity index (χ4n) is 1.53. The molecule has 0 aliphatic heterocycles. The first-order valence-corrected chi connectivity index (χ1v) is 9.57. The highest BCUT2D eigenvalue weighted by Gasteiger charge is 2.20. The summed E-state index contributed by atoms with van der Waals surface area (Å²) >= 11 is 1.20. The third-order valence-electron chi connectivity index (χ3n) is 2.61. The van der Waals surface area contributed by atoms with Gasteiger partial charge in [-0.05, 0) is 20.1 Å². The topological polar surface area (TPSA) is 72.9 Å². The molecule has 1 unspecified atom stereocenters. The molecule has 0 aromatic rings. The van der Waals surface area contributed by atoms with Crippen LogP contribution in [0.2, 0.25) is 0 Å². The largest absolute Gasteiger partial charge is 0.465 e. The van der Waals surface area contributed by atoms with Gasteiger partial charge in [-0.2, -0.15) is 0 Å². The van der Waals surface area contributed by atoms with Crippen molar-refractivity contribution in [2.24, 2.45) is 0 Å².